The molecule has 0 saturated heterocycles. The van der Waals surface area contributed by atoms with E-state index in [1.54, 1.807) is 10.6 Å². The monoisotopic (exact) mass is 395 g/mol. The third-order valence-electron chi connectivity index (χ3n) is 4.56. The highest BCUT2D eigenvalue weighted by Crippen LogP contribution is 2.23. The highest BCUT2D eigenvalue weighted by molar-refractivity contribution is 7.99. The summed E-state index contributed by atoms with van der Waals surface area (Å²) in [6, 6.07) is 15.2. The predicted molar refractivity (Wildman–Crippen MR) is 115 cm³/mol. The van der Waals surface area contributed by atoms with Gasteiger partial charge in [-0.2, -0.15) is 0 Å². The molecule has 1 amide bonds. The highest BCUT2D eigenvalue weighted by atomic mass is 32.2. The zero-order valence-corrected chi connectivity index (χ0v) is 17.3. The number of amides is 1. The summed E-state index contributed by atoms with van der Waals surface area (Å²) in [5.41, 5.74) is 2.28. The van der Waals surface area contributed by atoms with Gasteiger partial charge in [0.15, 0.2) is 5.16 Å². The lowest BCUT2D eigenvalue weighted by Gasteiger charge is -2.16. The zero-order chi connectivity index (χ0) is 20.1. The van der Waals surface area contributed by atoms with Crippen molar-refractivity contribution in [3.05, 3.63) is 64.4 Å². The first kappa shape index (κ1) is 20.1. The van der Waals surface area contributed by atoms with Crippen molar-refractivity contribution in [1.82, 2.24) is 14.9 Å². The van der Waals surface area contributed by atoms with Gasteiger partial charge in [-0.3, -0.25) is 14.2 Å². The van der Waals surface area contributed by atoms with Crippen LogP contribution in [-0.2, 0) is 4.79 Å². The number of carbonyl (C=O) groups excluding carboxylic acids is 1. The Morgan fingerprint density at radius 1 is 1.18 bits per heavy atom. The summed E-state index contributed by atoms with van der Waals surface area (Å²) in [6.45, 7) is 6.06. The van der Waals surface area contributed by atoms with E-state index in [9.17, 15) is 9.59 Å². The zero-order valence-electron chi connectivity index (χ0n) is 16.4. The van der Waals surface area contributed by atoms with Gasteiger partial charge in [-0.05, 0) is 44.0 Å². The normalized spacial score (nSPS) is 12.1. The second-order valence-corrected chi connectivity index (χ2v) is 7.83. The molecule has 0 fully saturated rings. The second kappa shape index (κ2) is 9.06. The van der Waals surface area contributed by atoms with E-state index < -0.39 is 0 Å². The number of benzene rings is 2. The van der Waals surface area contributed by atoms with Crippen LogP contribution in [0.5, 0.6) is 0 Å². The maximum absolute atomic E-state index is 13.2. The van der Waals surface area contributed by atoms with E-state index in [-0.39, 0.29) is 23.3 Å². The third-order valence-corrected chi connectivity index (χ3v) is 5.50. The van der Waals surface area contributed by atoms with Crippen LogP contribution in [-0.4, -0.2) is 27.3 Å². The van der Waals surface area contributed by atoms with Crippen LogP contribution >= 0.6 is 11.8 Å². The standard InChI is InChI=1S/C22H25N3O2S/c1-4-9-16(3)23-20(26)14-28-22-24-18-12-7-6-11-17(18)21(27)25(22)19-13-8-5-10-15(19)2/h5-8,10-13,16H,4,9,14H2,1-3H3,(H,23,26)/t16-/m0/s1. The number of hydrogen-bond donors (Lipinski definition) is 1. The molecule has 1 aromatic heterocycles. The van der Waals surface area contributed by atoms with Gasteiger partial charge in [0.05, 0.1) is 22.3 Å². The van der Waals surface area contributed by atoms with E-state index in [4.69, 9.17) is 0 Å². The maximum Gasteiger partial charge on any atom is 0.266 e. The minimum absolute atomic E-state index is 0.0512. The first-order valence-corrected chi connectivity index (χ1v) is 10.5. The van der Waals surface area contributed by atoms with Crippen molar-refractivity contribution >= 4 is 28.6 Å². The van der Waals surface area contributed by atoms with Gasteiger partial charge in [0, 0.05) is 6.04 Å². The van der Waals surface area contributed by atoms with Crippen LogP contribution in [0.2, 0.25) is 0 Å². The van der Waals surface area contributed by atoms with Crippen molar-refractivity contribution in [2.45, 2.75) is 44.8 Å². The predicted octanol–water partition coefficient (Wildman–Crippen LogP) is 4.09. The topological polar surface area (TPSA) is 64.0 Å². The fraction of sp³-hybridized carbons (Fsp3) is 0.318. The molecule has 0 spiro atoms. The van der Waals surface area contributed by atoms with Crippen molar-refractivity contribution in [3.63, 3.8) is 0 Å². The number of aryl methyl sites for hydroxylation is 1. The Morgan fingerprint density at radius 3 is 2.64 bits per heavy atom. The van der Waals surface area contributed by atoms with Gasteiger partial charge in [-0.15, -0.1) is 0 Å². The molecule has 5 nitrogen and oxygen atoms in total. The summed E-state index contributed by atoms with van der Waals surface area (Å²) < 4.78 is 1.62. The molecule has 28 heavy (non-hydrogen) atoms. The van der Waals surface area contributed by atoms with E-state index in [1.807, 2.05) is 56.3 Å². The molecule has 0 aliphatic heterocycles. The number of thioether (sulfide) groups is 1. The SMILES string of the molecule is CCC[C@H](C)NC(=O)CSc1nc2ccccc2c(=O)n1-c1ccccc1C. The van der Waals surface area contributed by atoms with Gasteiger partial charge in [0.2, 0.25) is 5.91 Å². The van der Waals surface area contributed by atoms with Gasteiger partial charge < -0.3 is 5.32 Å². The van der Waals surface area contributed by atoms with Crippen LogP contribution in [0.15, 0.2) is 58.5 Å². The summed E-state index contributed by atoms with van der Waals surface area (Å²) in [5.74, 6) is 0.162. The number of rotatable bonds is 7. The van der Waals surface area contributed by atoms with Crippen LogP contribution < -0.4 is 10.9 Å². The Labute approximate surface area is 169 Å². The molecule has 0 aliphatic rings. The van der Waals surface area contributed by atoms with Gasteiger partial charge >= 0.3 is 0 Å². The summed E-state index contributed by atoms with van der Waals surface area (Å²) >= 11 is 1.29. The number of hydrogen-bond acceptors (Lipinski definition) is 4. The van der Waals surface area contributed by atoms with Crippen molar-refractivity contribution < 1.29 is 4.79 Å². The number of nitrogens with zero attached hydrogens (tertiary/aromatic N) is 2. The minimum atomic E-state index is -0.123. The Morgan fingerprint density at radius 2 is 1.89 bits per heavy atom. The Balaban J connectivity index is 1.99. The van der Waals surface area contributed by atoms with Crippen LogP contribution in [0.3, 0.4) is 0 Å². The van der Waals surface area contributed by atoms with Gasteiger partial charge in [-0.25, -0.2) is 4.98 Å². The molecular weight excluding hydrogens is 370 g/mol. The Kier molecular flexibility index (Phi) is 6.52. The van der Waals surface area contributed by atoms with E-state index >= 15 is 0 Å². The van der Waals surface area contributed by atoms with E-state index in [0.29, 0.717) is 16.1 Å². The van der Waals surface area contributed by atoms with Crippen molar-refractivity contribution in [3.8, 4) is 5.69 Å². The highest BCUT2D eigenvalue weighted by Gasteiger charge is 2.16. The van der Waals surface area contributed by atoms with Crippen molar-refractivity contribution in [2.24, 2.45) is 0 Å². The quantitative estimate of drug-likeness (QED) is 0.483. The molecule has 1 heterocycles. The van der Waals surface area contributed by atoms with Crippen LogP contribution in [0.1, 0.15) is 32.3 Å². The minimum Gasteiger partial charge on any atom is -0.353 e. The lowest BCUT2D eigenvalue weighted by molar-refractivity contribution is -0.119. The van der Waals surface area contributed by atoms with Crippen LogP contribution in [0, 0.1) is 6.92 Å². The second-order valence-electron chi connectivity index (χ2n) is 6.88. The van der Waals surface area contributed by atoms with Gasteiger partial charge in [-0.1, -0.05) is 55.4 Å². The molecule has 0 radical (unpaired) electrons. The first-order valence-electron chi connectivity index (χ1n) is 9.51. The average molecular weight is 396 g/mol. The van der Waals surface area contributed by atoms with E-state index in [2.05, 4.69) is 17.2 Å². The summed E-state index contributed by atoms with van der Waals surface area (Å²) in [7, 11) is 0. The molecule has 0 bridgehead atoms. The largest absolute Gasteiger partial charge is 0.353 e. The summed E-state index contributed by atoms with van der Waals surface area (Å²) in [6.07, 6.45) is 1.96. The summed E-state index contributed by atoms with van der Waals surface area (Å²) in [5, 5.41) is 4.09. The Hall–Kier alpha value is -2.60. The Bertz CT molecular complexity index is 1050. The summed E-state index contributed by atoms with van der Waals surface area (Å²) in [4.78, 5) is 30.2. The van der Waals surface area contributed by atoms with E-state index in [0.717, 1.165) is 24.1 Å². The maximum atomic E-state index is 13.2. The van der Waals surface area contributed by atoms with Crippen molar-refractivity contribution in [2.75, 3.05) is 5.75 Å². The smallest absolute Gasteiger partial charge is 0.266 e. The van der Waals surface area contributed by atoms with Crippen LogP contribution in [0.4, 0.5) is 0 Å². The molecule has 6 heteroatoms. The molecule has 146 valence electrons. The third kappa shape index (κ3) is 4.44. The number of fused-ring (bicyclic) bond motifs is 1. The molecule has 1 atom stereocenters. The fourth-order valence-corrected chi connectivity index (χ4v) is 4.00. The number of aromatic nitrogens is 2. The van der Waals surface area contributed by atoms with Gasteiger partial charge in [0.25, 0.3) is 5.56 Å². The molecule has 2 aromatic carbocycles. The lowest BCUT2D eigenvalue weighted by Crippen LogP contribution is -2.34. The molecule has 0 saturated carbocycles. The van der Waals surface area contributed by atoms with Gasteiger partial charge in [0.1, 0.15) is 0 Å². The molecular formula is C22H25N3O2S. The van der Waals surface area contributed by atoms with E-state index in [1.165, 1.54) is 11.8 Å². The molecule has 3 aromatic rings. The average Bonchev–Trinajstić information content (AvgIpc) is 2.67. The number of nitrogens with one attached hydrogen (secondary N) is 1. The van der Waals surface area contributed by atoms with Crippen molar-refractivity contribution in [1.29, 1.82) is 0 Å². The van der Waals surface area contributed by atoms with Crippen LogP contribution in [0.25, 0.3) is 16.6 Å². The molecule has 1 N–H and O–H groups in total. The lowest BCUT2D eigenvalue weighted by atomic mass is 10.2. The number of carbonyl (C=O) groups is 1. The first-order chi connectivity index (χ1) is 13.5. The molecule has 3 rings (SSSR count). The molecule has 0 unspecified atom stereocenters. The number of para-hydroxylation sites is 2. The molecule has 0 aliphatic carbocycles. The fourth-order valence-electron chi connectivity index (χ4n) is 3.19.